The minimum Gasteiger partial charge on any atom is -0.435 e. The molecule has 1 rings (SSSR count). The first-order chi connectivity index (χ1) is 5.74. The van der Waals surface area contributed by atoms with Crippen LogP contribution in [-0.2, 0) is 14.3 Å². The third-order valence-corrected chi connectivity index (χ3v) is 1.79. The van der Waals surface area contributed by atoms with Crippen molar-refractivity contribution < 1.29 is 14.3 Å². The van der Waals surface area contributed by atoms with Crippen LogP contribution >= 0.6 is 0 Å². The number of esters is 1. The summed E-state index contributed by atoms with van der Waals surface area (Å²) in [6.07, 6.45) is 1.94. The van der Waals surface area contributed by atoms with Gasteiger partial charge in [-0.1, -0.05) is 6.58 Å². The number of carbonyl (C=O) groups excluding carboxylic acids is 2. The minimum atomic E-state index is -0.396. The lowest BCUT2D eigenvalue weighted by molar-refractivity contribution is -0.141. The fourth-order valence-corrected chi connectivity index (χ4v) is 1.18. The molecule has 0 aromatic heterocycles. The SMILES string of the molecule is C=COC(=O)CC1CCNC1=O. The lowest BCUT2D eigenvalue weighted by atomic mass is 10.0. The van der Waals surface area contributed by atoms with Crippen LogP contribution in [0.2, 0.25) is 0 Å². The number of nitrogens with one attached hydrogen (secondary N) is 1. The zero-order chi connectivity index (χ0) is 8.97. The molecule has 1 N–H and O–H groups in total. The van der Waals surface area contributed by atoms with Gasteiger partial charge in [0.1, 0.15) is 0 Å². The second kappa shape index (κ2) is 3.90. The van der Waals surface area contributed by atoms with E-state index < -0.39 is 5.97 Å². The van der Waals surface area contributed by atoms with E-state index in [1.54, 1.807) is 0 Å². The van der Waals surface area contributed by atoms with Crippen molar-refractivity contribution in [3.63, 3.8) is 0 Å². The predicted octanol–water partition coefficient (Wildman–Crippen LogP) is 0.199. The Balaban J connectivity index is 2.34. The molecule has 12 heavy (non-hydrogen) atoms. The van der Waals surface area contributed by atoms with Gasteiger partial charge in [-0.2, -0.15) is 0 Å². The summed E-state index contributed by atoms with van der Waals surface area (Å²) in [6, 6.07) is 0. The van der Waals surface area contributed by atoms with Gasteiger partial charge in [-0.05, 0) is 6.42 Å². The highest BCUT2D eigenvalue weighted by molar-refractivity contribution is 5.85. The normalized spacial score (nSPS) is 21.7. The third kappa shape index (κ3) is 2.08. The summed E-state index contributed by atoms with van der Waals surface area (Å²) < 4.78 is 4.50. The molecule has 0 bridgehead atoms. The summed E-state index contributed by atoms with van der Waals surface area (Å²) in [6.45, 7) is 3.91. The van der Waals surface area contributed by atoms with Crippen LogP contribution in [0.1, 0.15) is 12.8 Å². The fraction of sp³-hybridized carbons (Fsp3) is 0.500. The molecular weight excluding hydrogens is 158 g/mol. The maximum absolute atomic E-state index is 11.0. The van der Waals surface area contributed by atoms with Gasteiger partial charge in [-0.15, -0.1) is 0 Å². The molecule has 66 valence electrons. The van der Waals surface area contributed by atoms with Crippen molar-refractivity contribution in [2.75, 3.05) is 6.54 Å². The second-order valence-corrected chi connectivity index (χ2v) is 2.64. The maximum atomic E-state index is 11.0. The first kappa shape index (κ1) is 8.77. The zero-order valence-electron chi connectivity index (χ0n) is 6.71. The summed E-state index contributed by atoms with van der Waals surface area (Å²) in [7, 11) is 0. The van der Waals surface area contributed by atoms with Gasteiger partial charge in [0.15, 0.2) is 0 Å². The molecule has 1 saturated heterocycles. The van der Waals surface area contributed by atoms with Crippen LogP contribution in [0, 0.1) is 5.92 Å². The van der Waals surface area contributed by atoms with Gasteiger partial charge >= 0.3 is 5.97 Å². The van der Waals surface area contributed by atoms with E-state index in [-0.39, 0.29) is 18.2 Å². The van der Waals surface area contributed by atoms with Crippen molar-refractivity contribution in [1.29, 1.82) is 0 Å². The van der Waals surface area contributed by atoms with E-state index in [2.05, 4.69) is 16.6 Å². The van der Waals surface area contributed by atoms with E-state index in [0.717, 1.165) is 6.26 Å². The Morgan fingerprint density at radius 2 is 2.58 bits per heavy atom. The van der Waals surface area contributed by atoms with Gasteiger partial charge < -0.3 is 10.1 Å². The highest BCUT2D eigenvalue weighted by Crippen LogP contribution is 2.14. The maximum Gasteiger partial charge on any atom is 0.311 e. The van der Waals surface area contributed by atoms with Crippen LogP contribution in [0.4, 0.5) is 0 Å². The molecule has 1 atom stereocenters. The summed E-state index contributed by atoms with van der Waals surface area (Å²) >= 11 is 0. The molecule has 1 heterocycles. The second-order valence-electron chi connectivity index (χ2n) is 2.64. The summed E-state index contributed by atoms with van der Waals surface area (Å²) in [5, 5.41) is 2.64. The molecule has 4 heteroatoms. The summed E-state index contributed by atoms with van der Waals surface area (Å²) in [5.41, 5.74) is 0. The van der Waals surface area contributed by atoms with Crippen molar-refractivity contribution in [3.8, 4) is 0 Å². The largest absolute Gasteiger partial charge is 0.435 e. The number of carbonyl (C=O) groups is 2. The number of ether oxygens (including phenoxy) is 1. The molecule has 4 nitrogen and oxygen atoms in total. The van der Waals surface area contributed by atoms with Crippen LogP contribution in [0.25, 0.3) is 0 Å². The van der Waals surface area contributed by atoms with Crippen LogP contribution in [0.3, 0.4) is 0 Å². The lowest BCUT2D eigenvalue weighted by Crippen LogP contribution is -2.21. The number of amides is 1. The van der Waals surface area contributed by atoms with Gasteiger partial charge in [0.2, 0.25) is 5.91 Å². The van der Waals surface area contributed by atoms with Gasteiger partial charge in [-0.3, -0.25) is 9.59 Å². The van der Waals surface area contributed by atoms with Crippen LogP contribution in [0.15, 0.2) is 12.8 Å². The van der Waals surface area contributed by atoms with Crippen LogP contribution in [0.5, 0.6) is 0 Å². The molecule has 1 aliphatic rings. The Morgan fingerprint density at radius 3 is 3.08 bits per heavy atom. The van der Waals surface area contributed by atoms with E-state index in [4.69, 9.17) is 0 Å². The highest BCUT2D eigenvalue weighted by atomic mass is 16.5. The Bertz CT molecular complexity index is 212. The summed E-state index contributed by atoms with van der Waals surface area (Å²) in [5.74, 6) is -0.666. The van der Waals surface area contributed by atoms with Crippen molar-refractivity contribution >= 4 is 11.9 Å². The average molecular weight is 169 g/mol. The molecule has 1 aliphatic heterocycles. The van der Waals surface area contributed by atoms with E-state index in [1.807, 2.05) is 0 Å². The third-order valence-electron chi connectivity index (χ3n) is 1.79. The predicted molar refractivity (Wildman–Crippen MR) is 42.0 cm³/mol. The van der Waals surface area contributed by atoms with Crippen molar-refractivity contribution in [2.45, 2.75) is 12.8 Å². The molecule has 1 unspecified atom stereocenters. The molecule has 0 aromatic rings. The van der Waals surface area contributed by atoms with Crippen molar-refractivity contribution in [1.82, 2.24) is 5.32 Å². The molecule has 0 aliphatic carbocycles. The zero-order valence-corrected chi connectivity index (χ0v) is 6.71. The van der Waals surface area contributed by atoms with E-state index in [0.29, 0.717) is 13.0 Å². The number of hydrogen-bond donors (Lipinski definition) is 1. The number of hydrogen-bond acceptors (Lipinski definition) is 3. The Morgan fingerprint density at radius 1 is 1.83 bits per heavy atom. The van der Waals surface area contributed by atoms with Crippen LogP contribution < -0.4 is 5.32 Å². The van der Waals surface area contributed by atoms with Gasteiger partial charge in [0, 0.05) is 6.54 Å². The molecule has 0 spiro atoms. The Hall–Kier alpha value is -1.32. The molecular formula is C8H11NO3. The topological polar surface area (TPSA) is 55.4 Å². The number of rotatable bonds is 3. The Labute approximate surface area is 70.6 Å². The monoisotopic (exact) mass is 169 g/mol. The first-order valence-electron chi connectivity index (χ1n) is 3.82. The quantitative estimate of drug-likeness (QED) is 0.485. The molecule has 1 fully saturated rings. The van der Waals surface area contributed by atoms with E-state index in [1.165, 1.54) is 0 Å². The van der Waals surface area contributed by atoms with Crippen molar-refractivity contribution in [2.24, 2.45) is 5.92 Å². The average Bonchev–Trinajstić information content (AvgIpc) is 2.37. The lowest BCUT2D eigenvalue weighted by Gasteiger charge is -2.03. The van der Waals surface area contributed by atoms with Gasteiger partial charge in [0.25, 0.3) is 0 Å². The molecule has 0 saturated carbocycles. The smallest absolute Gasteiger partial charge is 0.311 e. The van der Waals surface area contributed by atoms with Crippen LogP contribution in [-0.4, -0.2) is 18.4 Å². The summed E-state index contributed by atoms with van der Waals surface area (Å²) in [4.78, 5) is 21.8. The molecule has 0 aromatic carbocycles. The first-order valence-corrected chi connectivity index (χ1v) is 3.82. The molecule has 1 amide bonds. The van der Waals surface area contributed by atoms with Gasteiger partial charge in [0.05, 0.1) is 18.6 Å². The minimum absolute atomic E-state index is 0.0592. The Kier molecular flexibility index (Phi) is 2.85. The standard InChI is InChI=1S/C8H11NO3/c1-2-12-7(10)5-6-3-4-9-8(6)11/h2,6H,1,3-5H2,(H,9,11). The van der Waals surface area contributed by atoms with Crippen molar-refractivity contribution in [3.05, 3.63) is 12.8 Å². The fourth-order valence-electron chi connectivity index (χ4n) is 1.18. The highest BCUT2D eigenvalue weighted by Gasteiger charge is 2.26. The van der Waals surface area contributed by atoms with Gasteiger partial charge in [-0.25, -0.2) is 0 Å². The van der Waals surface area contributed by atoms with E-state index >= 15 is 0 Å². The van der Waals surface area contributed by atoms with E-state index in [9.17, 15) is 9.59 Å². The molecule has 0 radical (unpaired) electrons.